The minimum Gasteiger partial charge on any atom is -0.507 e. The number of piperidine rings is 1. The lowest BCUT2D eigenvalue weighted by Gasteiger charge is -2.35. The molecule has 0 bridgehead atoms. The third-order valence-electron chi connectivity index (χ3n) is 5.61. The van der Waals surface area contributed by atoms with E-state index in [1.54, 1.807) is 24.3 Å². The molecule has 160 valence electrons. The van der Waals surface area contributed by atoms with Gasteiger partial charge in [0.1, 0.15) is 11.6 Å². The third kappa shape index (κ3) is 4.14. The maximum absolute atomic E-state index is 14.4. The van der Waals surface area contributed by atoms with Crippen LogP contribution in [0.4, 0.5) is 15.9 Å². The Hall–Kier alpha value is -3.68. The molecule has 7 nitrogen and oxygen atoms in total. The molecule has 8 heteroatoms. The second-order valence-corrected chi connectivity index (χ2v) is 7.53. The topological polar surface area (TPSA) is 102 Å². The lowest BCUT2D eigenvalue weighted by atomic mass is 9.89. The number of carbonyl (C=O) groups is 1. The van der Waals surface area contributed by atoms with Crippen molar-refractivity contribution in [3.05, 3.63) is 65.5 Å². The molecule has 1 fully saturated rings. The number of benzene rings is 2. The number of aromatic hydroxyl groups is 1. The van der Waals surface area contributed by atoms with E-state index in [0.29, 0.717) is 23.6 Å². The van der Waals surface area contributed by atoms with Crippen molar-refractivity contribution in [2.45, 2.75) is 18.8 Å². The molecule has 4 rings (SSSR count). The fourth-order valence-corrected chi connectivity index (χ4v) is 4.00. The molecular weight excluding hydrogens is 399 g/mol. The molecule has 31 heavy (non-hydrogen) atoms. The first-order valence-corrected chi connectivity index (χ1v) is 10.0. The molecule has 0 saturated carbocycles. The number of anilines is 2. The summed E-state index contributed by atoms with van der Waals surface area (Å²) in [4.78, 5) is 13.8. The number of aromatic nitrogens is 2. The van der Waals surface area contributed by atoms with E-state index in [1.807, 2.05) is 12.1 Å². The standard InChI is InChI=1S/C23H23FN4O3/c1-31-23(30)16-9-8-14(11-18(16)24)15-5-4-10-28(13-15)20-12-19(26-27-22(20)25)17-6-2-3-7-21(17)29/h2-3,6-9,11-12,15,29H,4-5,10,13H2,1H3,(H2,25,27)/t15-/m0/s1. The summed E-state index contributed by atoms with van der Waals surface area (Å²) in [5.41, 5.74) is 8.69. The lowest BCUT2D eigenvalue weighted by molar-refractivity contribution is 0.0595. The molecule has 2 heterocycles. The molecule has 1 atom stereocenters. The van der Waals surface area contributed by atoms with Gasteiger partial charge in [-0.3, -0.25) is 0 Å². The Bertz CT molecular complexity index is 1120. The number of para-hydroxylation sites is 1. The zero-order valence-corrected chi connectivity index (χ0v) is 17.1. The molecule has 1 aliphatic heterocycles. The number of nitrogen functional groups attached to an aromatic ring is 1. The summed E-state index contributed by atoms with van der Waals surface area (Å²) < 4.78 is 19.0. The number of nitrogens with two attached hydrogens (primary N) is 1. The van der Waals surface area contributed by atoms with Gasteiger partial charge in [0.25, 0.3) is 0 Å². The molecule has 2 aromatic carbocycles. The monoisotopic (exact) mass is 422 g/mol. The second kappa shape index (κ2) is 8.59. The van der Waals surface area contributed by atoms with Crippen LogP contribution < -0.4 is 10.6 Å². The van der Waals surface area contributed by atoms with Crippen molar-refractivity contribution in [1.82, 2.24) is 10.2 Å². The van der Waals surface area contributed by atoms with Gasteiger partial charge in [-0.15, -0.1) is 10.2 Å². The van der Waals surface area contributed by atoms with Gasteiger partial charge in [0.05, 0.1) is 24.1 Å². The molecule has 0 amide bonds. The maximum Gasteiger partial charge on any atom is 0.340 e. The quantitative estimate of drug-likeness (QED) is 0.618. The predicted molar refractivity (Wildman–Crippen MR) is 115 cm³/mol. The average Bonchev–Trinajstić information content (AvgIpc) is 2.79. The Balaban J connectivity index is 1.61. The van der Waals surface area contributed by atoms with Crippen LogP contribution in [0.2, 0.25) is 0 Å². The number of methoxy groups -OCH3 is 1. The number of nitrogens with zero attached hydrogens (tertiary/aromatic N) is 3. The van der Waals surface area contributed by atoms with Gasteiger partial charge >= 0.3 is 5.97 Å². The highest BCUT2D eigenvalue weighted by atomic mass is 19.1. The summed E-state index contributed by atoms with van der Waals surface area (Å²) in [6.45, 7) is 1.39. The molecule has 1 aliphatic rings. The number of esters is 1. The highest BCUT2D eigenvalue weighted by molar-refractivity contribution is 5.89. The Kier molecular flexibility index (Phi) is 5.70. The number of rotatable bonds is 4. The van der Waals surface area contributed by atoms with Crippen molar-refractivity contribution < 1.29 is 19.0 Å². The van der Waals surface area contributed by atoms with E-state index < -0.39 is 11.8 Å². The molecule has 3 aromatic rings. The van der Waals surface area contributed by atoms with Gasteiger partial charge in [0.15, 0.2) is 5.82 Å². The molecule has 1 saturated heterocycles. The molecule has 3 N–H and O–H groups in total. The molecule has 0 aliphatic carbocycles. The Morgan fingerprint density at radius 2 is 2.03 bits per heavy atom. The second-order valence-electron chi connectivity index (χ2n) is 7.53. The summed E-state index contributed by atoms with van der Waals surface area (Å²) in [5, 5.41) is 18.4. The van der Waals surface area contributed by atoms with Crippen LogP contribution in [0.1, 0.15) is 34.7 Å². The summed E-state index contributed by atoms with van der Waals surface area (Å²) in [6, 6.07) is 13.4. The molecular formula is C23H23FN4O3. The van der Waals surface area contributed by atoms with Crippen molar-refractivity contribution in [2.75, 3.05) is 30.8 Å². The normalized spacial score (nSPS) is 16.2. The van der Waals surface area contributed by atoms with Crippen molar-refractivity contribution in [1.29, 1.82) is 0 Å². The SMILES string of the molecule is COC(=O)c1ccc([C@H]2CCCN(c3cc(-c4ccccc4O)nnc3N)C2)cc1F. The molecule has 0 spiro atoms. The molecule has 0 radical (unpaired) electrons. The van der Waals surface area contributed by atoms with Crippen LogP contribution >= 0.6 is 0 Å². The van der Waals surface area contributed by atoms with E-state index in [4.69, 9.17) is 5.73 Å². The minimum atomic E-state index is -0.693. The third-order valence-corrected chi connectivity index (χ3v) is 5.61. The van der Waals surface area contributed by atoms with Gasteiger partial charge in [0.2, 0.25) is 0 Å². The Labute approximate surface area is 179 Å². The smallest absolute Gasteiger partial charge is 0.340 e. The first-order valence-electron chi connectivity index (χ1n) is 10.0. The summed E-state index contributed by atoms with van der Waals surface area (Å²) in [6.07, 6.45) is 1.77. The van der Waals surface area contributed by atoms with Crippen molar-refractivity contribution in [3.63, 3.8) is 0 Å². The largest absolute Gasteiger partial charge is 0.507 e. The van der Waals surface area contributed by atoms with Crippen LogP contribution in [0.25, 0.3) is 11.3 Å². The lowest BCUT2D eigenvalue weighted by Crippen LogP contribution is -2.35. The zero-order chi connectivity index (χ0) is 22.0. The number of ether oxygens (including phenoxy) is 1. The van der Waals surface area contributed by atoms with Gasteiger partial charge in [-0.25, -0.2) is 9.18 Å². The fourth-order valence-electron chi connectivity index (χ4n) is 4.00. The molecule has 0 unspecified atom stereocenters. The minimum absolute atomic E-state index is 0.0658. The highest BCUT2D eigenvalue weighted by Gasteiger charge is 2.25. The van der Waals surface area contributed by atoms with Gasteiger partial charge in [-0.05, 0) is 48.7 Å². The van der Waals surface area contributed by atoms with Crippen LogP contribution in [-0.4, -0.2) is 41.5 Å². The van der Waals surface area contributed by atoms with Gasteiger partial charge < -0.3 is 20.5 Å². The van der Waals surface area contributed by atoms with Gasteiger partial charge in [-0.2, -0.15) is 0 Å². The van der Waals surface area contributed by atoms with E-state index in [2.05, 4.69) is 19.8 Å². The Morgan fingerprint density at radius 3 is 2.77 bits per heavy atom. The van der Waals surface area contributed by atoms with E-state index in [0.717, 1.165) is 30.6 Å². The number of hydrogen-bond donors (Lipinski definition) is 2. The van der Waals surface area contributed by atoms with E-state index >= 15 is 0 Å². The van der Waals surface area contributed by atoms with E-state index in [-0.39, 0.29) is 17.2 Å². The van der Waals surface area contributed by atoms with Crippen molar-refractivity contribution in [2.24, 2.45) is 0 Å². The number of carbonyl (C=O) groups excluding carboxylic acids is 1. The van der Waals surface area contributed by atoms with E-state index in [1.165, 1.54) is 19.2 Å². The van der Waals surface area contributed by atoms with Crippen molar-refractivity contribution >= 4 is 17.5 Å². The van der Waals surface area contributed by atoms with Crippen LogP contribution in [0.3, 0.4) is 0 Å². The van der Waals surface area contributed by atoms with Crippen LogP contribution in [-0.2, 0) is 4.74 Å². The first-order chi connectivity index (χ1) is 15.0. The number of phenolic OH excluding ortho intramolecular Hbond substituents is 1. The van der Waals surface area contributed by atoms with Crippen LogP contribution in [0, 0.1) is 5.82 Å². The summed E-state index contributed by atoms with van der Waals surface area (Å²) in [7, 11) is 1.23. The summed E-state index contributed by atoms with van der Waals surface area (Å²) in [5.74, 6) is -0.802. The average molecular weight is 422 g/mol. The number of hydrogen-bond acceptors (Lipinski definition) is 7. The van der Waals surface area contributed by atoms with Crippen molar-refractivity contribution in [3.8, 4) is 17.0 Å². The highest BCUT2D eigenvalue weighted by Crippen LogP contribution is 2.35. The van der Waals surface area contributed by atoms with Gasteiger partial charge in [-0.1, -0.05) is 18.2 Å². The number of halogens is 1. The predicted octanol–water partition coefficient (Wildman–Crippen LogP) is 3.74. The zero-order valence-electron chi connectivity index (χ0n) is 17.1. The number of phenols is 1. The van der Waals surface area contributed by atoms with Crippen LogP contribution in [0.15, 0.2) is 48.5 Å². The van der Waals surface area contributed by atoms with Crippen LogP contribution in [0.5, 0.6) is 5.75 Å². The van der Waals surface area contributed by atoms with Gasteiger partial charge in [0, 0.05) is 24.6 Å². The fraction of sp³-hybridized carbons (Fsp3) is 0.261. The Morgan fingerprint density at radius 1 is 1.23 bits per heavy atom. The molecule has 1 aromatic heterocycles. The van der Waals surface area contributed by atoms with E-state index in [9.17, 15) is 14.3 Å². The maximum atomic E-state index is 14.4. The first kappa shape index (κ1) is 20.6. The summed E-state index contributed by atoms with van der Waals surface area (Å²) >= 11 is 0.